The zero-order chi connectivity index (χ0) is 11.4. The van der Waals surface area contributed by atoms with Crippen molar-refractivity contribution in [2.24, 2.45) is 5.92 Å². The lowest BCUT2D eigenvalue weighted by Crippen LogP contribution is -2.34. The van der Waals surface area contributed by atoms with Crippen molar-refractivity contribution < 1.29 is 9.90 Å². The van der Waals surface area contributed by atoms with Crippen molar-refractivity contribution in [3.63, 3.8) is 0 Å². The highest BCUT2D eigenvalue weighted by Crippen LogP contribution is 2.36. The summed E-state index contributed by atoms with van der Waals surface area (Å²) in [6, 6.07) is 0. The van der Waals surface area contributed by atoms with Crippen LogP contribution in [-0.4, -0.2) is 21.1 Å². The fourth-order valence-corrected chi connectivity index (χ4v) is 3.08. The maximum atomic E-state index is 11.2. The molecule has 0 heterocycles. The van der Waals surface area contributed by atoms with Crippen molar-refractivity contribution in [1.29, 1.82) is 0 Å². The Bertz CT molecular complexity index is 192. The van der Waals surface area contributed by atoms with Crippen LogP contribution in [0.15, 0.2) is 0 Å². The summed E-state index contributed by atoms with van der Waals surface area (Å²) >= 11 is 1.58. The molecule has 0 amide bonds. The highest BCUT2D eigenvalue weighted by molar-refractivity contribution is 8.01. The van der Waals surface area contributed by atoms with Gasteiger partial charge in [-0.2, -0.15) is 0 Å². The van der Waals surface area contributed by atoms with Crippen LogP contribution < -0.4 is 0 Å². The Balaban J connectivity index is 4.47. The van der Waals surface area contributed by atoms with Crippen molar-refractivity contribution in [2.45, 2.75) is 57.5 Å². The molecule has 14 heavy (non-hydrogen) atoms. The van der Waals surface area contributed by atoms with Crippen molar-refractivity contribution in [2.75, 3.05) is 0 Å². The Hall–Kier alpha value is -0.180. The van der Waals surface area contributed by atoms with Gasteiger partial charge < -0.3 is 5.11 Å². The highest BCUT2D eigenvalue weighted by Gasteiger charge is 2.35. The van der Waals surface area contributed by atoms with Gasteiger partial charge in [-0.25, -0.2) is 0 Å². The molecule has 84 valence electrons. The third-order valence-corrected chi connectivity index (χ3v) is 3.88. The van der Waals surface area contributed by atoms with Gasteiger partial charge in [0.1, 0.15) is 4.75 Å². The zero-order valence-electron chi connectivity index (χ0n) is 9.83. The number of aliphatic carboxylic acids is 1. The molecule has 3 heteroatoms. The predicted octanol–water partition coefficient (Wildman–Crippen LogP) is 3.41. The van der Waals surface area contributed by atoms with Crippen molar-refractivity contribution in [3.05, 3.63) is 0 Å². The first-order chi connectivity index (χ1) is 6.31. The second-order valence-electron chi connectivity index (χ2n) is 4.47. The lowest BCUT2D eigenvalue weighted by atomic mass is 9.98. The van der Waals surface area contributed by atoms with Gasteiger partial charge in [-0.15, -0.1) is 11.8 Å². The van der Waals surface area contributed by atoms with Gasteiger partial charge in [-0.1, -0.05) is 27.7 Å². The van der Waals surface area contributed by atoms with E-state index in [1.807, 2.05) is 6.92 Å². The number of carboxylic acids is 1. The summed E-state index contributed by atoms with van der Waals surface area (Å²) in [6.45, 7) is 10.2. The van der Waals surface area contributed by atoms with Crippen LogP contribution in [0.4, 0.5) is 0 Å². The Morgan fingerprint density at radius 1 is 1.43 bits per heavy atom. The van der Waals surface area contributed by atoms with Crippen LogP contribution in [0.1, 0.15) is 47.5 Å². The fraction of sp³-hybridized carbons (Fsp3) is 0.909. The van der Waals surface area contributed by atoms with E-state index < -0.39 is 10.7 Å². The molecule has 0 aromatic carbocycles. The second-order valence-corrected chi connectivity index (χ2v) is 6.41. The normalized spacial score (nSPS) is 17.9. The minimum absolute atomic E-state index is 0.412. The fourth-order valence-electron chi connectivity index (χ4n) is 1.49. The van der Waals surface area contributed by atoms with Crippen LogP contribution in [0.2, 0.25) is 0 Å². The summed E-state index contributed by atoms with van der Waals surface area (Å²) in [5, 5.41) is 9.62. The summed E-state index contributed by atoms with van der Waals surface area (Å²) in [4.78, 5) is 11.2. The van der Waals surface area contributed by atoms with E-state index in [-0.39, 0.29) is 0 Å². The van der Waals surface area contributed by atoms with E-state index in [1.54, 1.807) is 11.8 Å². The second kappa shape index (κ2) is 5.64. The molecule has 0 bridgehead atoms. The molecule has 0 fully saturated rings. The van der Waals surface area contributed by atoms with Crippen LogP contribution in [0.25, 0.3) is 0 Å². The molecule has 1 N–H and O–H groups in total. The van der Waals surface area contributed by atoms with E-state index in [4.69, 9.17) is 0 Å². The maximum Gasteiger partial charge on any atom is 0.319 e. The van der Waals surface area contributed by atoms with Crippen LogP contribution in [-0.2, 0) is 4.79 Å². The lowest BCUT2D eigenvalue weighted by Gasteiger charge is -2.28. The smallest absolute Gasteiger partial charge is 0.319 e. The molecule has 2 atom stereocenters. The Labute approximate surface area is 91.5 Å². The van der Waals surface area contributed by atoms with Crippen molar-refractivity contribution in [3.8, 4) is 0 Å². The monoisotopic (exact) mass is 218 g/mol. The molecule has 0 rings (SSSR count). The maximum absolute atomic E-state index is 11.2. The number of carboxylic acid groups (broad SMARTS) is 1. The summed E-state index contributed by atoms with van der Waals surface area (Å²) in [7, 11) is 0. The summed E-state index contributed by atoms with van der Waals surface area (Å²) < 4.78 is -0.621. The predicted molar refractivity (Wildman–Crippen MR) is 62.8 cm³/mol. The number of hydrogen-bond acceptors (Lipinski definition) is 2. The molecule has 0 saturated carbocycles. The standard InChI is InChI=1S/C11H22O2S/c1-6-9(4)14-11(5,10(12)13)7-8(2)3/h8-9H,6-7H2,1-5H3,(H,12,13). The van der Waals surface area contributed by atoms with Crippen molar-refractivity contribution in [1.82, 2.24) is 0 Å². The van der Waals surface area contributed by atoms with Crippen LogP contribution in [0.5, 0.6) is 0 Å². The summed E-state index contributed by atoms with van der Waals surface area (Å²) in [5.41, 5.74) is 0. The first kappa shape index (κ1) is 13.8. The van der Waals surface area contributed by atoms with Gasteiger partial charge >= 0.3 is 5.97 Å². The average molecular weight is 218 g/mol. The van der Waals surface area contributed by atoms with E-state index in [1.165, 1.54) is 0 Å². The molecule has 0 spiro atoms. The number of thioether (sulfide) groups is 1. The van der Waals surface area contributed by atoms with Gasteiger partial charge in [-0.3, -0.25) is 4.79 Å². The molecular formula is C11H22O2S. The third-order valence-electron chi connectivity index (χ3n) is 2.29. The highest BCUT2D eigenvalue weighted by atomic mass is 32.2. The quantitative estimate of drug-likeness (QED) is 0.742. The van der Waals surface area contributed by atoms with Crippen molar-refractivity contribution >= 4 is 17.7 Å². The molecule has 2 nitrogen and oxygen atoms in total. The van der Waals surface area contributed by atoms with Gasteiger partial charge in [0.25, 0.3) is 0 Å². The summed E-state index contributed by atoms with van der Waals surface area (Å²) in [5.74, 6) is -0.260. The molecule has 0 aromatic rings. The van der Waals surface area contributed by atoms with Crippen LogP contribution >= 0.6 is 11.8 Å². The van der Waals surface area contributed by atoms with Gasteiger partial charge in [0.15, 0.2) is 0 Å². The van der Waals surface area contributed by atoms with E-state index in [9.17, 15) is 9.90 Å². The average Bonchev–Trinajstić information content (AvgIpc) is 2.02. The van der Waals surface area contributed by atoms with Gasteiger partial charge in [-0.05, 0) is 25.7 Å². The largest absolute Gasteiger partial charge is 0.480 e. The van der Waals surface area contributed by atoms with E-state index in [0.29, 0.717) is 11.2 Å². The number of carbonyl (C=O) groups is 1. The van der Waals surface area contributed by atoms with E-state index >= 15 is 0 Å². The third kappa shape index (κ3) is 4.36. The SMILES string of the molecule is CCC(C)SC(C)(CC(C)C)C(=O)O. The van der Waals surface area contributed by atoms with Crippen LogP contribution in [0.3, 0.4) is 0 Å². The Kier molecular flexibility index (Phi) is 5.57. The van der Waals surface area contributed by atoms with Gasteiger partial charge in [0, 0.05) is 5.25 Å². The first-order valence-electron chi connectivity index (χ1n) is 5.23. The molecule has 0 aliphatic heterocycles. The molecule has 0 aromatic heterocycles. The number of rotatable bonds is 6. The van der Waals surface area contributed by atoms with Crippen LogP contribution in [0, 0.1) is 5.92 Å². The summed E-state index contributed by atoms with van der Waals surface area (Å²) in [6.07, 6.45) is 1.75. The van der Waals surface area contributed by atoms with E-state index in [2.05, 4.69) is 27.7 Å². The molecular weight excluding hydrogens is 196 g/mol. The first-order valence-corrected chi connectivity index (χ1v) is 6.11. The van der Waals surface area contributed by atoms with E-state index in [0.717, 1.165) is 12.8 Å². The van der Waals surface area contributed by atoms with Gasteiger partial charge in [0.2, 0.25) is 0 Å². The Morgan fingerprint density at radius 3 is 2.21 bits per heavy atom. The van der Waals surface area contributed by atoms with Gasteiger partial charge in [0.05, 0.1) is 0 Å². The molecule has 0 aliphatic rings. The topological polar surface area (TPSA) is 37.3 Å². The minimum Gasteiger partial charge on any atom is -0.480 e. The molecule has 0 aliphatic carbocycles. The molecule has 0 radical (unpaired) electrons. The minimum atomic E-state index is -0.684. The number of hydrogen-bond donors (Lipinski definition) is 1. The Morgan fingerprint density at radius 2 is 1.93 bits per heavy atom. The zero-order valence-corrected chi connectivity index (χ0v) is 10.6. The lowest BCUT2D eigenvalue weighted by molar-refractivity contribution is -0.139. The molecule has 0 saturated heterocycles. The molecule has 2 unspecified atom stereocenters.